The molecule has 0 saturated heterocycles. The molecule has 0 aliphatic heterocycles. The Labute approximate surface area is 362 Å². The second-order valence-corrected chi connectivity index (χ2v) is 16.3. The van der Waals surface area contributed by atoms with Gasteiger partial charge in [0.05, 0.1) is 37.1 Å². The van der Waals surface area contributed by atoms with E-state index in [0.717, 1.165) is 17.7 Å². The first kappa shape index (κ1) is 44.3. The molecule has 0 radical (unpaired) electrons. The smallest absolute Gasteiger partial charge is 0.744 e. The van der Waals surface area contributed by atoms with E-state index in [9.17, 15) is 39.5 Å². The minimum absolute atomic E-state index is 0. The summed E-state index contributed by atoms with van der Waals surface area (Å²) in [6.07, 6.45) is 0.291. The fourth-order valence-corrected chi connectivity index (χ4v) is 8.12. The summed E-state index contributed by atoms with van der Waals surface area (Å²) < 4.78 is 101. The molecule has 0 atom stereocenters. The Morgan fingerprint density at radius 1 is 0.673 bits per heavy atom. The molecule has 0 aliphatic carbocycles. The van der Waals surface area contributed by atoms with E-state index >= 15 is 0 Å². The molecule has 19 heteroatoms. The maximum Gasteiger partial charge on any atom is 1.00 e. The zero-order valence-corrected chi connectivity index (χ0v) is 36.4. The van der Waals surface area contributed by atoms with Crippen LogP contribution in [-0.2, 0) is 36.7 Å². The van der Waals surface area contributed by atoms with E-state index < -0.39 is 45.8 Å². The van der Waals surface area contributed by atoms with Gasteiger partial charge >= 0.3 is 59.1 Å². The van der Waals surface area contributed by atoms with Crippen LogP contribution in [0.5, 0.6) is 5.75 Å². The quantitative estimate of drug-likeness (QED) is 0.110. The first-order valence-corrected chi connectivity index (χ1v) is 20.1. The molecule has 0 bridgehead atoms. The molecule has 55 heavy (non-hydrogen) atoms. The summed E-state index contributed by atoms with van der Waals surface area (Å²) in [6.45, 7) is 3.43. The SMILES string of the molecule is CCNS(=O)(=O)c1ccc(N=Nc2c(C)cc3cc(S(=O)(=O)[O-])cc(N=Nc4ccc(Cc5ccccc5)c5c(S(=O)(=O)[O-])cccc45)c3c2O)cc1.[Na+].[Na+]. The summed E-state index contributed by atoms with van der Waals surface area (Å²) in [5, 5.41) is 28.8. The van der Waals surface area contributed by atoms with Crippen LogP contribution >= 0.6 is 0 Å². The van der Waals surface area contributed by atoms with E-state index in [1.165, 1.54) is 42.5 Å². The van der Waals surface area contributed by atoms with Crippen molar-refractivity contribution in [1.82, 2.24) is 4.72 Å². The van der Waals surface area contributed by atoms with Gasteiger partial charge in [0.15, 0.2) is 5.75 Å². The van der Waals surface area contributed by atoms with Gasteiger partial charge in [0.25, 0.3) is 0 Å². The van der Waals surface area contributed by atoms with Crippen LogP contribution in [0.1, 0.15) is 23.6 Å². The predicted octanol–water partition coefficient (Wildman–Crippen LogP) is 1.54. The van der Waals surface area contributed by atoms with Gasteiger partial charge in [0, 0.05) is 17.3 Å². The molecule has 14 nitrogen and oxygen atoms in total. The fourth-order valence-electron chi connectivity index (χ4n) is 5.82. The van der Waals surface area contributed by atoms with Gasteiger partial charge in [0.1, 0.15) is 25.9 Å². The number of sulfonamides is 1. The van der Waals surface area contributed by atoms with Gasteiger partial charge in [0.2, 0.25) is 10.0 Å². The maximum atomic E-state index is 12.4. The molecule has 6 aromatic rings. The fraction of sp³-hybridized carbons (Fsp3) is 0.111. The second-order valence-electron chi connectivity index (χ2n) is 11.8. The largest absolute Gasteiger partial charge is 1.00 e. The summed E-state index contributed by atoms with van der Waals surface area (Å²) >= 11 is 0. The zero-order valence-electron chi connectivity index (χ0n) is 30.0. The van der Waals surface area contributed by atoms with Gasteiger partial charge in [-0.2, -0.15) is 5.11 Å². The summed E-state index contributed by atoms with van der Waals surface area (Å²) in [5.41, 5.74) is 1.83. The number of azo groups is 2. The number of hydrogen-bond donors (Lipinski definition) is 2. The van der Waals surface area contributed by atoms with Crippen molar-refractivity contribution in [3.8, 4) is 5.75 Å². The van der Waals surface area contributed by atoms with E-state index in [2.05, 4.69) is 25.2 Å². The van der Waals surface area contributed by atoms with E-state index in [1.807, 2.05) is 30.3 Å². The average molecular weight is 818 g/mol. The molecule has 0 fully saturated rings. The molecule has 2 N–H and O–H groups in total. The third-order valence-electron chi connectivity index (χ3n) is 8.20. The molecule has 0 aliphatic rings. The van der Waals surface area contributed by atoms with E-state index in [1.54, 1.807) is 32.0 Å². The number of hydrogen-bond acceptors (Lipinski definition) is 13. The number of fused-ring (bicyclic) bond motifs is 2. The molecule has 0 amide bonds. The third-order valence-corrected chi connectivity index (χ3v) is 11.5. The van der Waals surface area contributed by atoms with Crippen molar-refractivity contribution < 1.29 is 98.6 Å². The standard InChI is InChI=1S/C36H31N5O9S3.2Na/c1-3-37-51(43,44)27-15-13-26(14-16-27)38-41-35-22(2)18-25-20-28(52(45,46)47)21-31(34(25)36(35)42)40-39-30-17-12-24(19-23-8-5-4-6-9-23)33-29(30)10-7-11-32(33)53(48,49)50;;/h4-18,20-21,37,42H,3,19H2,1-2H3,(H,45,46,47)(H,48,49,50);;/q;2*+1/p-2. The van der Waals surface area contributed by atoms with E-state index in [-0.39, 0.29) is 115 Å². The van der Waals surface area contributed by atoms with Crippen LogP contribution in [0, 0.1) is 6.92 Å². The molecule has 0 spiro atoms. The van der Waals surface area contributed by atoms with Crippen molar-refractivity contribution in [2.45, 2.75) is 35.0 Å². The molecule has 6 rings (SSSR count). The van der Waals surface area contributed by atoms with Gasteiger partial charge in [-0.1, -0.05) is 55.5 Å². The molecule has 272 valence electrons. The predicted molar refractivity (Wildman–Crippen MR) is 195 cm³/mol. The summed E-state index contributed by atoms with van der Waals surface area (Å²) in [4.78, 5) is -1.09. The Hall–Kier alpha value is -3.43. The van der Waals surface area contributed by atoms with Gasteiger partial charge in [-0.25, -0.2) is 30.0 Å². The molecule has 6 aromatic carbocycles. The Morgan fingerprint density at radius 2 is 1.35 bits per heavy atom. The van der Waals surface area contributed by atoms with Gasteiger partial charge in [-0.15, -0.1) is 15.3 Å². The minimum Gasteiger partial charge on any atom is -0.744 e. The average Bonchev–Trinajstić information content (AvgIpc) is 3.10. The Balaban J connectivity index is 0.00000336. The van der Waals surface area contributed by atoms with Gasteiger partial charge in [-0.05, 0) is 90.0 Å². The van der Waals surface area contributed by atoms with Crippen LogP contribution in [-0.4, -0.2) is 46.0 Å². The summed E-state index contributed by atoms with van der Waals surface area (Å²) in [7, 11) is -13.7. The summed E-state index contributed by atoms with van der Waals surface area (Å²) in [6, 6.07) is 25.5. The number of nitrogens with one attached hydrogen (secondary N) is 1. The Morgan fingerprint density at radius 3 is 1.98 bits per heavy atom. The molecule has 0 heterocycles. The molecular weight excluding hydrogens is 789 g/mol. The number of phenolic OH excluding ortho intramolecular Hbond substituents is 1. The van der Waals surface area contributed by atoms with Crippen LogP contribution in [0.3, 0.4) is 0 Å². The second kappa shape index (κ2) is 17.8. The summed E-state index contributed by atoms with van der Waals surface area (Å²) in [5.74, 6) is -0.471. The van der Waals surface area contributed by atoms with Crippen LogP contribution in [0.15, 0.2) is 138 Å². The van der Waals surface area contributed by atoms with Crippen LogP contribution in [0.4, 0.5) is 22.7 Å². The van der Waals surface area contributed by atoms with Crippen LogP contribution < -0.4 is 63.8 Å². The van der Waals surface area contributed by atoms with Crippen molar-refractivity contribution in [3.63, 3.8) is 0 Å². The molecule has 0 aromatic heterocycles. The number of rotatable bonds is 11. The van der Waals surface area contributed by atoms with Crippen molar-refractivity contribution in [2.24, 2.45) is 20.5 Å². The first-order valence-electron chi connectivity index (χ1n) is 15.8. The van der Waals surface area contributed by atoms with Crippen molar-refractivity contribution in [3.05, 3.63) is 120 Å². The number of benzene rings is 6. The maximum absolute atomic E-state index is 12.4. The molecule has 0 unspecified atom stereocenters. The van der Waals surface area contributed by atoms with E-state index in [0.29, 0.717) is 17.5 Å². The first-order chi connectivity index (χ1) is 25.1. The molecule has 0 saturated carbocycles. The number of phenols is 1. The third kappa shape index (κ3) is 9.94. The van der Waals surface area contributed by atoms with Gasteiger partial charge in [-0.3, -0.25) is 0 Å². The molecular formula is C36H29N5Na2O9S3. The van der Waals surface area contributed by atoms with Crippen molar-refractivity contribution >= 4 is 74.6 Å². The number of aryl methyl sites for hydroxylation is 1. The van der Waals surface area contributed by atoms with Crippen molar-refractivity contribution in [1.29, 1.82) is 0 Å². The number of aromatic hydroxyl groups is 1. The topological polar surface area (TPSA) is 230 Å². The van der Waals surface area contributed by atoms with Crippen LogP contribution in [0.25, 0.3) is 21.5 Å². The van der Waals surface area contributed by atoms with Crippen molar-refractivity contribution in [2.75, 3.05) is 6.54 Å². The zero-order chi connectivity index (χ0) is 38.1. The number of nitrogens with zero attached hydrogens (tertiary/aromatic N) is 4. The monoisotopic (exact) mass is 817 g/mol. The van der Waals surface area contributed by atoms with Crippen LogP contribution in [0.2, 0.25) is 0 Å². The Kier molecular flexibility index (Phi) is 14.3. The van der Waals surface area contributed by atoms with Gasteiger partial charge < -0.3 is 14.2 Å². The normalized spacial score (nSPS) is 12.3. The minimum atomic E-state index is -5.02. The Bertz CT molecular complexity index is 2810. The van der Waals surface area contributed by atoms with E-state index in [4.69, 9.17) is 0 Å².